The molecule has 3 aliphatic rings. The van der Waals surface area contributed by atoms with Gasteiger partial charge in [-0.3, -0.25) is 0 Å². The summed E-state index contributed by atoms with van der Waals surface area (Å²) < 4.78 is 2.47. The van der Waals surface area contributed by atoms with Crippen LogP contribution in [-0.4, -0.2) is 4.57 Å². The summed E-state index contributed by atoms with van der Waals surface area (Å²) in [6.45, 7) is 9.51. The van der Waals surface area contributed by atoms with Crippen LogP contribution in [-0.2, 0) is 10.8 Å². The maximum atomic E-state index is 3.60. The van der Waals surface area contributed by atoms with Gasteiger partial charge in [0.25, 0.3) is 0 Å². The Kier molecular flexibility index (Phi) is 9.44. The first-order chi connectivity index (χ1) is 36.7. The van der Waals surface area contributed by atoms with Crippen LogP contribution in [0.4, 0.5) is 0 Å². The van der Waals surface area contributed by atoms with Crippen molar-refractivity contribution in [1.82, 2.24) is 4.57 Å². The van der Waals surface area contributed by atoms with Crippen LogP contribution >= 0.6 is 0 Å². The Labute approximate surface area is 438 Å². The summed E-state index contributed by atoms with van der Waals surface area (Å²) in [6, 6.07) is 84.4. The molecule has 0 saturated carbocycles. The van der Waals surface area contributed by atoms with Gasteiger partial charge in [-0.2, -0.15) is 0 Å². The van der Waals surface area contributed by atoms with E-state index >= 15 is 0 Å². The highest BCUT2D eigenvalue weighted by molar-refractivity contribution is 6.22. The molecular weight excluding hydrogens is 903 g/mol. The maximum Gasteiger partial charge on any atom is 0.0541 e. The summed E-state index contributed by atoms with van der Waals surface area (Å²) in [4.78, 5) is 0. The number of benzene rings is 11. The van der Waals surface area contributed by atoms with Crippen molar-refractivity contribution >= 4 is 48.9 Å². The number of allylic oxidation sites excluding steroid dienone is 3. The molecule has 0 N–H and O–H groups in total. The summed E-state index contributed by atoms with van der Waals surface area (Å²) in [5, 5.41) is 7.52. The van der Waals surface area contributed by atoms with E-state index in [1.54, 1.807) is 0 Å². The van der Waals surface area contributed by atoms with Gasteiger partial charge in [0.1, 0.15) is 0 Å². The second-order valence-electron chi connectivity index (χ2n) is 22.1. The molecule has 11 aromatic carbocycles. The van der Waals surface area contributed by atoms with E-state index < -0.39 is 0 Å². The van der Waals surface area contributed by atoms with Crippen LogP contribution in [0.3, 0.4) is 0 Å². The average Bonchev–Trinajstić information content (AvgIpc) is 4.05. The summed E-state index contributed by atoms with van der Waals surface area (Å²) in [5.74, 6) is 0.331. The van der Waals surface area contributed by atoms with Crippen molar-refractivity contribution in [3.63, 3.8) is 0 Å². The van der Waals surface area contributed by atoms with Gasteiger partial charge < -0.3 is 4.57 Å². The molecule has 0 bridgehead atoms. The van der Waals surface area contributed by atoms with Crippen LogP contribution < -0.4 is 0 Å². The average molecular weight is 956 g/mol. The van der Waals surface area contributed by atoms with Gasteiger partial charge in [-0.1, -0.05) is 210 Å². The van der Waals surface area contributed by atoms with Crippen molar-refractivity contribution in [2.24, 2.45) is 5.92 Å². The number of aromatic nitrogens is 1. The Morgan fingerprint density at radius 1 is 0.360 bits per heavy atom. The fourth-order valence-electron chi connectivity index (χ4n) is 13.5. The zero-order valence-electron chi connectivity index (χ0n) is 42.6. The predicted octanol–water partition coefficient (Wildman–Crippen LogP) is 19.7. The Hall–Kier alpha value is -9.00. The highest BCUT2D eigenvalue weighted by Gasteiger charge is 2.42. The Bertz CT molecular complexity index is 4470. The minimum atomic E-state index is -0.0784. The second kappa shape index (κ2) is 16.2. The quantitative estimate of drug-likeness (QED) is 0.116. The van der Waals surface area contributed by atoms with E-state index in [4.69, 9.17) is 0 Å². The third-order valence-corrected chi connectivity index (χ3v) is 17.4. The second-order valence-corrected chi connectivity index (χ2v) is 22.1. The third-order valence-electron chi connectivity index (χ3n) is 17.4. The lowest BCUT2D eigenvalue weighted by Crippen LogP contribution is -2.22. The van der Waals surface area contributed by atoms with E-state index in [0.717, 1.165) is 5.69 Å². The van der Waals surface area contributed by atoms with Crippen molar-refractivity contribution in [3.8, 4) is 72.4 Å². The molecule has 1 aromatic heterocycles. The molecule has 0 radical (unpaired) electrons. The normalized spacial score (nSPS) is 15.6. The molecule has 3 aliphatic carbocycles. The molecule has 0 fully saturated rings. The monoisotopic (exact) mass is 955 g/mol. The summed E-state index contributed by atoms with van der Waals surface area (Å²) in [6.07, 6.45) is 6.57. The number of hydrogen-bond donors (Lipinski definition) is 0. The summed E-state index contributed by atoms with van der Waals surface area (Å²) >= 11 is 0. The molecule has 0 amide bonds. The number of rotatable bonds is 6. The number of nitrogens with zero attached hydrogens (tertiary/aromatic N) is 1. The molecule has 1 atom stereocenters. The minimum absolute atomic E-state index is 0.0259. The molecule has 0 saturated heterocycles. The van der Waals surface area contributed by atoms with E-state index in [2.05, 4.69) is 281 Å². The molecule has 12 aromatic rings. The fourth-order valence-corrected chi connectivity index (χ4v) is 13.5. The molecule has 0 aliphatic heterocycles. The van der Waals surface area contributed by atoms with Crippen molar-refractivity contribution < 1.29 is 0 Å². The first-order valence-electron chi connectivity index (χ1n) is 26.5. The largest absolute Gasteiger partial charge is 0.309 e. The minimum Gasteiger partial charge on any atom is -0.309 e. The lowest BCUT2D eigenvalue weighted by atomic mass is 9.76. The van der Waals surface area contributed by atoms with Crippen molar-refractivity contribution in [2.45, 2.75) is 38.5 Å². The van der Waals surface area contributed by atoms with Gasteiger partial charge in [-0.25, -0.2) is 0 Å². The zero-order valence-corrected chi connectivity index (χ0v) is 42.6. The molecule has 1 unspecified atom stereocenters. The van der Waals surface area contributed by atoms with E-state index in [-0.39, 0.29) is 10.8 Å². The Balaban J connectivity index is 0.883. The summed E-state index contributed by atoms with van der Waals surface area (Å²) in [5.41, 5.74) is 28.8. The van der Waals surface area contributed by atoms with Crippen LogP contribution in [0.2, 0.25) is 0 Å². The Morgan fingerprint density at radius 2 is 0.840 bits per heavy atom. The number of fused-ring (bicyclic) bond motifs is 11. The van der Waals surface area contributed by atoms with E-state index in [0.29, 0.717) is 5.92 Å². The molecule has 15 rings (SSSR count). The predicted molar refractivity (Wildman–Crippen MR) is 318 cm³/mol. The first-order valence-corrected chi connectivity index (χ1v) is 26.5. The SMILES string of the molecule is CC1(C)c2ccccc2-c2ccc(-c3ccc4c(c3)c3cc(-c5ccc6c(c5)C(C)(C)C5C=CC=C=C65)ccc3n4-c3ccc(-c4ccc5c(-c6ccccc6)c6ccccc6c(-c6ccccc6)c5c4)cc3)cc21. The zero-order chi connectivity index (χ0) is 50.2. The smallest absolute Gasteiger partial charge is 0.0541 e. The van der Waals surface area contributed by atoms with E-state index in [1.807, 2.05) is 0 Å². The summed E-state index contributed by atoms with van der Waals surface area (Å²) in [7, 11) is 0. The van der Waals surface area contributed by atoms with Crippen LogP contribution in [0.5, 0.6) is 0 Å². The third kappa shape index (κ3) is 6.51. The van der Waals surface area contributed by atoms with Crippen LogP contribution in [0.25, 0.3) is 121 Å². The van der Waals surface area contributed by atoms with Crippen molar-refractivity contribution in [1.29, 1.82) is 0 Å². The van der Waals surface area contributed by atoms with Crippen molar-refractivity contribution in [3.05, 3.63) is 271 Å². The molecule has 354 valence electrons. The van der Waals surface area contributed by atoms with Gasteiger partial charge in [0.05, 0.1) is 11.0 Å². The number of hydrogen-bond acceptors (Lipinski definition) is 0. The van der Waals surface area contributed by atoms with Gasteiger partial charge in [0, 0.05) is 38.8 Å². The van der Waals surface area contributed by atoms with Gasteiger partial charge in [0.15, 0.2) is 0 Å². The highest BCUT2D eigenvalue weighted by Crippen LogP contribution is 2.53. The van der Waals surface area contributed by atoms with Crippen LogP contribution in [0.15, 0.2) is 248 Å². The van der Waals surface area contributed by atoms with Crippen LogP contribution in [0.1, 0.15) is 49.9 Å². The van der Waals surface area contributed by atoms with Gasteiger partial charge in [0.2, 0.25) is 0 Å². The maximum absolute atomic E-state index is 3.60. The molecular formula is C74H53N. The van der Waals surface area contributed by atoms with Gasteiger partial charge in [-0.15, -0.1) is 5.73 Å². The van der Waals surface area contributed by atoms with Gasteiger partial charge >= 0.3 is 0 Å². The Morgan fingerprint density at radius 3 is 1.51 bits per heavy atom. The molecule has 1 heterocycles. The lowest BCUT2D eigenvalue weighted by Gasteiger charge is -2.26. The van der Waals surface area contributed by atoms with Gasteiger partial charge in [-0.05, 0) is 171 Å². The van der Waals surface area contributed by atoms with Crippen LogP contribution in [0, 0.1) is 5.92 Å². The fraction of sp³-hybridized carbons (Fsp3) is 0.0946. The standard InChI is InChI=1S/C74H53N/c1-73(2)65-25-15-13-21-55(65)57-36-29-52(44-67(57)73)50-32-39-69-62(41-50)63-42-51(53-30-37-58-56-22-14-16-26-66(56)74(3,4)68(58)45-53)33-40-70(63)75(69)54-34-27-46(28-35-54)49-31-38-61-64(43-49)72(48-19-9-6-10-20-48)60-24-12-11-23-59(60)71(61)47-17-7-5-8-18-47/h5-21,23-45,66H,1-4H3. The topological polar surface area (TPSA) is 4.93 Å². The molecule has 1 heteroatoms. The molecule has 75 heavy (non-hydrogen) atoms. The van der Waals surface area contributed by atoms with Crippen molar-refractivity contribution in [2.75, 3.05) is 0 Å². The lowest BCUT2D eigenvalue weighted by molar-refractivity contribution is 0.476. The first kappa shape index (κ1) is 43.6. The van der Waals surface area contributed by atoms with E-state index in [1.165, 1.54) is 138 Å². The molecule has 1 nitrogen and oxygen atoms in total. The molecule has 0 spiro atoms. The van der Waals surface area contributed by atoms with E-state index in [9.17, 15) is 0 Å². The highest BCUT2D eigenvalue weighted by atomic mass is 15.0.